The van der Waals surface area contributed by atoms with E-state index in [1.807, 2.05) is 6.07 Å². The Hall–Kier alpha value is -0.790. The number of pyridine rings is 1. The van der Waals surface area contributed by atoms with Crippen LogP contribution in [0.4, 0.5) is 0 Å². The molecule has 7 heteroatoms. The minimum atomic E-state index is 0.502. The van der Waals surface area contributed by atoms with Crippen molar-refractivity contribution < 1.29 is 4.52 Å². The zero-order valence-electron chi connectivity index (χ0n) is 10.1. The summed E-state index contributed by atoms with van der Waals surface area (Å²) in [5.41, 5.74) is 0.681. The Balaban J connectivity index is 1.68. The van der Waals surface area contributed by atoms with Crippen LogP contribution in [0, 0.1) is 5.92 Å². The molecule has 3 rings (SSSR count). The highest BCUT2D eigenvalue weighted by Crippen LogP contribution is 2.28. The molecule has 1 aliphatic carbocycles. The van der Waals surface area contributed by atoms with E-state index in [2.05, 4.69) is 52.3 Å². The fourth-order valence-electron chi connectivity index (χ4n) is 1.71. The maximum Gasteiger partial charge on any atom is 0.240 e. The van der Waals surface area contributed by atoms with Gasteiger partial charge in [0.25, 0.3) is 0 Å². The Kier molecular flexibility index (Phi) is 3.95. The smallest absolute Gasteiger partial charge is 0.240 e. The quantitative estimate of drug-likeness (QED) is 0.853. The fourth-order valence-corrected chi connectivity index (χ4v) is 2.87. The normalized spacial score (nSPS) is 14.8. The standard InChI is InChI=1S/C12H12Br2N4O/c13-8-3-9(14)11(16-5-8)12-17-10(19-18-12)6-15-4-7-1-2-7/h3,5,7,15H,1-2,4,6H2. The van der Waals surface area contributed by atoms with E-state index in [1.165, 1.54) is 12.8 Å². The number of hydrogen-bond acceptors (Lipinski definition) is 5. The van der Waals surface area contributed by atoms with Crippen molar-refractivity contribution >= 4 is 31.9 Å². The Morgan fingerprint density at radius 1 is 1.37 bits per heavy atom. The van der Waals surface area contributed by atoms with Crippen LogP contribution in [0.2, 0.25) is 0 Å². The van der Waals surface area contributed by atoms with E-state index in [9.17, 15) is 0 Å². The molecular formula is C12H12Br2N4O. The number of halogens is 2. The lowest BCUT2D eigenvalue weighted by molar-refractivity contribution is 0.367. The molecule has 0 bridgehead atoms. The molecule has 2 heterocycles. The third-order valence-corrected chi connectivity index (χ3v) is 3.93. The van der Waals surface area contributed by atoms with Crippen LogP contribution >= 0.6 is 31.9 Å². The minimum absolute atomic E-state index is 0.502. The SMILES string of the molecule is Brc1cnc(-c2noc(CNCC3CC3)n2)c(Br)c1. The number of nitrogens with one attached hydrogen (secondary N) is 1. The zero-order valence-corrected chi connectivity index (χ0v) is 13.2. The van der Waals surface area contributed by atoms with Gasteiger partial charge in [0.1, 0.15) is 5.69 Å². The van der Waals surface area contributed by atoms with Crippen LogP contribution < -0.4 is 5.32 Å². The molecule has 0 aromatic carbocycles. The predicted octanol–water partition coefficient (Wildman–Crippen LogP) is 3.16. The van der Waals surface area contributed by atoms with Gasteiger partial charge in [0.15, 0.2) is 0 Å². The molecule has 1 fully saturated rings. The molecule has 0 amide bonds. The molecule has 100 valence electrons. The van der Waals surface area contributed by atoms with Crippen LogP contribution in [0.1, 0.15) is 18.7 Å². The maximum atomic E-state index is 5.21. The van der Waals surface area contributed by atoms with Gasteiger partial charge in [0.05, 0.1) is 6.54 Å². The fraction of sp³-hybridized carbons (Fsp3) is 0.417. The summed E-state index contributed by atoms with van der Waals surface area (Å²) < 4.78 is 6.94. The number of nitrogens with zero attached hydrogens (tertiary/aromatic N) is 3. The van der Waals surface area contributed by atoms with Crippen LogP contribution in [0.3, 0.4) is 0 Å². The average molecular weight is 388 g/mol. The molecule has 2 aromatic heterocycles. The number of rotatable bonds is 5. The van der Waals surface area contributed by atoms with E-state index in [0.29, 0.717) is 24.0 Å². The van der Waals surface area contributed by atoms with E-state index in [1.54, 1.807) is 6.20 Å². The third kappa shape index (κ3) is 3.40. The Bertz CT molecular complexity index is 583. The molecule has 1 saturated carbocycles. The van der Waals surface area contributed by atoms with Gasteiger partial charge in [-0.1, -0.05) is 5.16 Å². The van der Waals surface area contributed by atoms with Gasteiger partial charge in [0.2, 0.25) is 11.7 Å². The van der Waals surface area contributed by atoms with Crippen LogP contribution in [0.15, 0.2) is 25.7 Å². The van der Waals surface area contributed by atoms with Crippen molar-refractivity contribution in [1.29, 1.82) is 0 Å². The molecule has 0 unspecified atom stereocenters. The largest absolute Gasteiger partial charge is 0.337 e. The van der Waals surface area contributed by atoms with Gasteiger partial charge in [-0.15, -0.1) is 0 Å². The minimum Gasteiger partial charge on any atom is -0.337 e. The van der Waals surface area contributed by atoms with Gasteiger partial charge < -0.3 is 9.84 Å². The second-order valence-corrected chi connectivity index (χ2v) is 6.34. The molecule has 0 spiro atoms. The summed E-state index contributed by atoms with van der Waals surface area (Å²) in [7, 11) is 0. The average Bonchev–Trinajstić information content (AvgIpc) is 3.07. The number of aromatic nitrogens is 3. The first-order valence-corrected chi connectivity index (χ1v) is 7.65. The molecule has 0 atom stereocenters. The molecule has 1 aliphatic rings. The molecule has 19 heavy (non-hydrogen) atoms. The van der Waals surface area contributed by atoms with Crippen molar-refractivity contribution in [3.05, 3.63) is 27.1 Å². The molecule has 0 saturated heterocycles. The van der Waals surface area contributed by atoms with Crippen molar-refractivity contribution in [1.82, 2.24) is 20.4 Å². The molecule has 0 radical (unpaired) electrons. The molecular weight excluding hydrogens is 376 g/mol. The molecule has 5 nitrogen and oxygen atoms in total. The summed E-state index contributed by atoms with van der Waals surface area (Å²) in [6.45, 7) is 1.63. The predicted molar refractivity (Wildman–Crippen MR) is 77.4 cm³/mol. The molecule has 0 aliphatic heterocycles. The lowest BCUT2D eigenvalue weighted by Gasteiger charge is -1.98. The van der Waals surface area contributed by atoms with Gasteiger partial charge in [-0.3, -0.25) is 4.98 Å². The van der Waals surface area contributed by atoms with E-state index in [-0.39, 0.29) is 0 Å². The highest BCUT2D eigenvalue weighted by Gasteiger charge is 2.20. The summed E-state index contributed by atoms with van der Waals surface area (Å²) >= 11 is 6.80. The first-order chi connectivity index (χ1) is 9.22. The third-order valence-electron chi connectivity index (χ3n) is 2.89. The van der Waals surface area contributed by atoms with Crippen molar-refractivity contribution in [2.45, 2.75) is 19.4 Å². The Morgan fingerprint density at radius 3 is 2.95 bits per heavy atom. The van der Waals surface area contributed by atoms with Crippen LogP contribution in [0.25, 0.3) is 11.5 Å². The summed E-state index contributed by atoms with van der Waals surface area (Å²) in [4.78, 5) is 8.62. The van der Waals surface area contributed by atoms with Gasteiger partial charge >= 0.3 is 0 Å². The maximum absolute atomic E-state index is 5.21. The zero-order chi connectivity index (χ0) is 13.2. The van der Waals surface area contributed by atoms with Gasteiger partial charge in [-0.25, -0.2) is 0 Å². The highest BCUT2D eigenvalue weighted by atomic mass is 79.9. The summed E-state index contributed by atoms with van der Waals surface area (Å²) in [5, 5.41) is 7.27. The lowest BCUT2D eigenvalue weighted by atomic mass is 10.3. The summed E-state index contributed by atoms with van der Waals surface area (Å²) in [5.74, 6) is 1.93. The topological polar surface area (TPSA) is 63.8 Å². The Morgan fingerprint density at radius 2 is 2.21 bits per heavy atom. The lowest BCUT2D eigenvalue weighted by Crippen LogP contribution is -2.16. The van der Waals surface area contributed by atoms with E-state index >= 15 is 0 Å². The molecule has 2 aromatic rings. The van der Waals surface area contributed by atoms with Crippen LogP contribution in [-0.4, -0.2) is 21.7 Å². The second-order valence-electron chi connectivity index (χ2n) is 4.57. The number of hydrogen-bond donors (Lipinski definition) is 1. The van der Waals surface area contributed by atoms with Gasteiger partial charge in [-0.05, 0) is 63.2 Å². The summed E-state index contributed by atoms with van der Waals surface area (Å²) in [6, 6.07) is 1.91. The second kappa shape index (κ2) is 5.68. The van der Waals surface area contributed by atoms with Crippen LogP contribution in [-0.2, 0) is 6.54 Å². The van der Waals surface area contributed by atoms with Crippen molar-refractivity contribution in [3.8, 4) is 11.5 Å². The van der Waals surface area contributed by atoms with E-state index in [0.717, 1.165) is 21.4 Å². The highest BCUT2D eigenvalue weighted by molar-refractivity contribution is 9.11. The van der Waals surface area contributed by atoms with Crippen molar-refractivity contribution in [3.63, 3.8) is 0 Å². The van der Waals surface area contributed by atoms with Gasteiger partial charge in [-0.2, -0.15) is 4.98 Å². The Labute approximate surface area is 127 Å². The van der Waals surface area contributed by atoms with Crippen molar-refractivity contribution in [2.75, 3.05) is 6.54 Å². The monoisotopic (exact) mass is 386 g/mol. The van der Waals surface area contributed by atoms with Crippen LogP contribution in [0.5, 0.6) is 0 Å². The van der Waals surface area contributed by atoms with E-state index < -0.39 is 0 Å². The van der Waals surface area contributed by atoms with Gasteiger partial charge in [0, 0.05) is 15.1 Å². The summed E-state index contributed by atoms with van der Waals surface area (Å²) in [6.07, 6.45) is 4.37. The van der Waals surface area contributed by atoms with E-state index in [4.69, 9.17) is 4.52 Å². The first-order valence-electron chi connectivity index (χ1n) is 6.07. The first kappa shape index (κ1) is 13.2. The molecule has 1 N–H and O–H groups in total. The van der Waals surface area contributed by atoms with Crippen molar-refractivity contribution in [2.24, 2.45) is 5.92 Å².